The average Bonchev–Trinajstić information content (AvgIpc) is 2.88. The summed E-state index contributed by atoms with van der Waals surface area (Å²) < 4.78 is 10.3. The second kappa shape index (κ2) is 5.87. The summed E-state index contributed by atoms with van der Waals surface area (Å²) in [5.74, 6) is -0.132. The van der Waals surface area contributed by atoms with E-state index in [-0.39, 0.29) is 23.5 Å². The molecule has 1 aliphatic heterocycles. The van der Waals surface area contributed by atoms with Crippen molar-refractivity contribution in [3.05, 3.63) is 33.9 Å². The molecule has 0 aromatic heterocycles. The molecule has 20 heavy (non-hydrogen) atoms. The van der Waals surface area contributed by atoms with Gasteiger partial charge in [0, 0.05) is 19.0 Å². The van der Waals surface area contributed by atoms with Gasteiger partial charge in [-0.05, 0) is 18.6 Å². The van der Waals surface area contributed by atoms with Crippen molar-refractivity contribution in [3.8, 4) is 5.75 Å². The molecule has 0 amide bonds. The van der Waals surface area contributed by atoms with Gasteiger partial charge in [0.2, 0.25) is 0 Å². The predicted molar refractivity (Wildman–Crippen MR) is 70.7 cm³/mol. The third-order valence-corrected chi connectivity index (χ3v) is 3.18. The number of nitrogens with one attached hydrogen (secondary N) is 1. The first-order chi connectivity index (χ1) is 9.51. The van der Waals surface area contributed by atoms with E-state index in [0.29, 0.717) is 13.0 Å². The number of nitro groups is 1. The van der Waals surface area contributed by atoms with Crippen LogP contribution in [0.2, 0.25) is 0 Å². The number of aryl methyl sites for hydroxylation is 1. The van der Waals surface area contributed by atoms with E-state index in [0.717, 1.165) is 5.56 Å². The normalized spacial score (nSPS) is 21.5. The summed E-state index contributed by atoms with van der Waals surface area (Å²) in [6, 6.07) is 4.38. The first kappa shape index (κ1) is 14.3. The van der Waals surface area contributed by atoms with E-state index in [9.17, 15) is 14.9 Å². The fourth-order valence-corrected chi connectivity index (χ4v) is 2.16. The lowest BCUT2D eigenvalue weighted by molar-refractivity contribution is -0.386. The molecule has 7 nitrogen and oxygen atoms in total. The Morgan fingerprint density at radius 1 is 1.50 bits per heavy atom. The van der Waals surface area contributed by atoms with Crippen LogP contribution in [0.25, 0.3) is 0 Å². The van der Waals surface area contributed by atoms with Gasteiger partial charge in [-0.1, -0.05) is 6.07 Å². The predicted octanol–water partition coefficient (Wildman–Crippen LogP) is 1.19. The fraction of sp³-hybridized carbons (Fsp3) is 0.462. The average molecular weight is 280 g/mol. The molecule has 1 N–H and O–H groups in total. The second-order valence-electron chi connectivity index (χ2n) is 4.69. The molecule has 1 aliphatic rings. The van der Waals surface area contributed by atoms with E-state index in [1.54, 1.807) is 19.1 Å². The molecule has 1 heterocycles. The monoisotopic (exact) mass is 280 g/mol. The van der Waals surface area contributed by atoms with Gasteiger partial charge in [0.05, 0.1) is 12.0 Å². The summed E-state index contributed by atoms with van der Waals surface area (Å²) in [6.45, 7) is 2.23. The number of methoxy groups -OCH3 is 1. The Labute approximate surface area is 116 Å². The van der Waals surface area contributed by atoms with Gasteiger partial charge in [0.15, 0.2) is 5.75 Å². The first-order valence-corrected chi connectivity index (χ1v) is 6.24. The molecule has 0 radical (unpaired) electrons. The van der Waals surface area contributed by atoms with Crippen LogP contribution in [-0.2, 0) is 9.53 Å². The smallest absolute Gasteiger partial charge is 0.323 e. The highest BCUT2D eigenvalue weighted by Gasteiger charge is 2.32. The fourth-order valence-electron chi connectivity index (χ4n) is 2.16. The van der Waals surface area contributed by atoms with Crippen molar-refractivity contribution in [2.45, 2.75) is 25.5 Å². The van der Waals surface area contributed by atoms with E-state index in [1.165, 1.54) is 13.2 Å². The van der Waals surface area contributed by atoms with E-state index < -0.39 is 11.0 Å². The van der Waals surface area contributed by atoms with Crippen molar-refractivity contribution in [1.29, 1.82) is 0 Å². The maximum Gasteiger partial charge on any atom is 0.323 e. The molecule has 1 saturated heterocycles. The molecule has 2 rings (SSSR count). The Hall–Kier alpha value is -2.15. The van der Waals surface area contributed by atoms with Crippen molar-refractivity contribution in [2.75, 3.05) is 13.7 Å². The number of carbonyl (C=O) groups is 1. The molecule has 1 aromatic carbocycles. The molecular formula is C13H16N2O5. The zero-order valence-electron chi connectivity index (χ0n) is 11.3. The van der Waals surface area contributed by atoms with Gasteiger partial charge >= 0.3 is 11.7 Å². The summed E-state index contributed by atoms with van der Waals surface area (Å²) in [6.07, 6.45) is 0.137. The Bertz CT molecular complexity index is 531. The highest BCUT2D eigenvalue weighted by Crippen LogP contribution is 2.29. The van der Waals surface area contributed by atoms with Crippen LogP contribution in [0.3, 0.4) is 0 Å². The quantitative estimate of drug-likeness (QED) is 0.506. The Kier molecular flexibility index (Phi) is 4.19. The zero-order chi connectivity index (χ0) is 14.7. The molecular weight excluding hydrogens is 264 g/mol. The van der Waals surface area contributed by atoms with Gasteiger partial charge in [-0.15, -0.1) is 0 Å². The van der Waals surface area contributed by atoms with Gasteiger partial charge in [-0.2, -0.15) is 0 Å². The van der Waals surface area contributed by atoms with Crippen molar-refractivity contribution in [3.63, 3.8) is 0 Å². The van der Waals surface area contributed by atoms with Crippen LogP contribution < -0.4 is 10.1 Å². The summed E-state index contributed by atoms with van der Waals surface area (Å²) >= 11 is 0. The molecule has 0 saturated carbocycles. The van der Waals surface area contributed by atoms with Crippen molar-refractivity contribution in [2.24, 2.45) is 0 Å². The third kappa shape index (κ3) is 3.05. The van der Waals surface area contributed by atoms with Gasteiger partial charge in [-0.3, -0.25) is 14.9 Å². The van der Waals surface area contributed by atoms with Crippen LogP contribution in [0.5, 0.6) is 5.75 Å². The maximum absolute atomic E-state index is 11.4. The Morgan fingerprint density at radius 2 is 2.25 bits per heavy atom. The molecule has 1 fully saturated rings. The standard InChI is InChI=1S/C13H16N2O5/c1-8-3-4-12(11(5-8)15(17)18)20-9-6-10(14-7-9)13(16)19-2/h3-5,9-10,14H,6-7H2,1-2H3/t9-,10+/m1/s1. The largest absolute Gasteiger partial charge is 0.482 e. The van der Waals surface area contributed by atoms with Gasteiger partial charge in [-0.25, -0.2) is 0 Å². The lowest BCUT2D eigenvalue weighted by Gasteiger charge is -2.13. The molecule has 2 atom stereocenters. The topological polar surface area (TPSA) is 90.7 Å². The van der Waals surface area contributed by atoms with E-state index in [2.05, 4.69) is 10.1 Å². The molecule has 0 unspecified atom stereocenters. The zero-order valence-corrected chi connectivity index (χ0v) is 11.3. The minimum absolute atomic E-state index is 0.0634. The van der Waals surface area contributed by atoms with Crippen molar-refractivity contribution >= 4 is 11.7 Å². The lowest BCUT2D eigenvalue weighted by atomic mass is 10.2. The van der Waals surface area contributed by atoms with Crippen LogP contribution in [-0.4, -0.2) is 36.7 Å². The van der Waals surface area contributed by atoms with E-state index >= 15 is 0 Å². The second-order valence-corrected chi connectivity index (χ2v) is 4.69. The molecule has 108 valence electrons. The molecule has 1 aromatic rings. The third-order valence-electron chi connectivity index (χ3n) is 3.18. The van der Waals surface area contributed by atoms with Crippen molar-refractivity contribution in [1.82, 2.24) is 5.32 Å². The Balaban J connectivity index is 2.08. The van der Waals surface area contributed by atoms with Crippen molar-refractivity contribution < 1.29 is 19.2 Å². The molecule has 7 heteroatoms. The van der Waals surface area contributed by atoms with Crippen LogP contribution in [0, 0.1) is 17.0 Å². The van der Waals surface area contributed by atoms with Crippen LogP contribution in [0.4, 0.5) is 5.69 Å². The summed E-state index contributed by atoms with van der Waals surface area (Å²) in [7, 11) is 1.32. The number of carbonyl (C=O) groups excluding carboxylic acids is 1. The lowest BCUT2D eigenvalue weighted by Crippen LogP contribution is -2.31. The number of esters is 1. The number of benzene rings is 1. The number of rotatable bonds is 4. The minimum atomic E-state index is -0.470. The molecule has 0 bridgehead atoms. The van der Waals surface area contributed by atoms with Crippen LogP contribution in [0.15, 0.2) is 18.2 Å². The van der Waals surface area contributed by atoms with Gasteiger partial charge in [0.1, 0.15) is 12.1 Å². The molecule has 0 spiro atoms. The number of ether oxygens (including phenoxy) is 2. The van der Waals surface area contributed by atoms with Crippen LogP contribution in [0.1, 0.15) is 12.0 Å². The maximum atomic E-state index is 11.4. The number of nitro benzene ring substituents is 1. The highest BCUT2D eigenvalue weighted by molar-refractivity contribution is 5.76. The highest BCUT2D eigenvalue weighted by atomic mass is 16.6. The summed E-state index contributed by atoms with van der Waals surface area (Å²) in [5.41, 5.74) is 0.729. The SMILES string of the molecule is COC(=O)[C@@H]1C[C@@H](Oc2ccc(C)cc2[N+](=O)[O-])CN1. The van der Waals surface area contributed by atoms with E-state index in [1.807, 2.05) is 0 Å². The number of hydrogen-bond acceptors (Lipinski definition) is 6. The van der Waals surface area contributed by atoms with Gasteiger partial charge < -0.3 is 14.8 Å². The van der Waals surface area contributed by atoms with Crippen LogP contribution >= 0.6 is 0 Å². The van der Waals surface area contributed by atoms with E-state index in [4.69, 9.17) is 4.74 Å². The summed E-state index contributed by atoms with van der Waals surface area (Å²) in [5, 5.41) is 14.0. The minimum Gasteiger partial charge on any atom is -0.482 e. The first-order valence-electron chi connectivity index (χ1n) is 6.24. The Morgan fingerprint density at radius 3 is 2.90 bits per heavy atom. The van der Waals surface area contributed by atoms with Gasteiger partial charge in [0.25, 0.3) is 0 Å². The molecule has 0 aliphatic carbocycles. The number of hydrogen-bond donors (Lipinski definition) is 1. The number of nitrogens with zero attached hydrogens (tertiary/aromatic N) is 1. The summed E-state index contributed by atoms with van der Waals surface area (Å²) in [4.78, 5) is 21.9.